The Hall–Kier alpha value is -1.58. The molecule has 1 rings (SSSR count). The van der Waals surface area contributed by atoms with Crippen LogP contribution in [0.4, 0.5) is 10.1 Å². The monoisotopic (exact) mass is 211 g/mol. The van der Waals surface area contributed by atoms with Crippen LogP contribution in [-0.2, 0) is 9.53 Å². The number of nitrogens with one attached hydrogen (secondary N) is 1. The molecule has 0 saturated heterocycles. The van der Waals surface area contributed by atoms with Gasteiger partial charge in [0.1, 0.15) is 5.82 Å². The lowest BCUT2D eigenvalue weighted by Crippen LogP contribution is -2.07. The molecule has 0 aliphatic heterocycles. The highest BCUT2D eigenvalue weighted by atomic mass is 19.1. The molecular formula is C11H14FNO2. The summed E-state index contributed by atoms with van der Waals surface area (Å²) in [6, 6.07) is 6.44. The van der Waals surface area contributed by atoms with Gasteiger partial charge in [0, 0.05) is 13.0 Å². The largest absolute Gasteiger partial charge is 0.469 e. The van der Waals surface area contributed by atoms with Gasteiger partial charge in [0.25, 0.3) is 0 Å². The zero-order valence-electron chi connectivity index (χ0n) is 8.63. The minimum absolute atomic E-state index is 0.245. The fourth-order valence-corrected chi connectivity index (χ4v) is 1.16. The zero-order valence-corrected chi connectivity index (χ0v) is 8.63. The minimum atomic E-state index is -0.282. The molecule has 1 aromatic carbocycles. The number of methoxy groups -OCH3 is 1. The van der Waals surface area contributed by atoms with Crippen LogP contribution < -0.4 is 5.32 Å². The van der Waals surface area contributed by atoms with E-state index in [1.165, 1.54) is 13.2 Å². The number of carbonyl (C=O) groups excluding carboxylic acids is 1. The number of anilines is 1. The third-order valence-corrected chi connectivity index (χ3v) is 1.97. The van der Waals surface area contributed by atoms with Gasteiger partial charge in [-0.05, 0) is 18.6 Å². The van der Waals surface area contributed by atoms with Crippen molar-refractivity contribution in [2.75, 3.05) is 19.0 Å². The van der Waals surface area contributed by atoms with E-state index in [1.807, 2.05) is 0 Å². The second kappa shape index (κ2) is 6.01. The van der Waals surface area contributed by atoms with E-state index in [4.69, 9.17) is 0 Å². The summed E-state index contributed by atoms with van der Waals surface area (Å²) in [4.78, 5) is 10.8. The van der Waals surface area contributed by atoms with Gasteiger partial charge in [-0.25, -0.2) is 4.39 Å². The standard InChI is InChI=1S/C11H14FNO2/c1-15-11(14)7-4-8-13-10-6-3-2-5-9(10)12/h2-3,5-6,13H,4,7-8H2,1H3. The van der Waals surface area contributed by atoms with Crippen molar-refractivity contribution in [3.8, 4) is 0 Å². The third kappa shape index (κ3) is 3.97. The second-order valence-corrected chi connectivity index (χ2v) is 3.09. The van der Waals surface area contributed by atoms with Crippen LogP contribution in [0.1, 0.15) is 12.8 Å². The molecule has 1 N–H and O–H groups in total. The Morgan fingerprint density at radius 2 is 2.20 bits per heavy atom. The number of carbonyl (C=O) groups is 1. The number of halogens is 1. The van der Waals surface area contributed by atoms with Crippen LogP contribution in [-0.4, -0.2) is 19.6 Å². The first kappa shape index (κ1) is 11.5. The maximum Gasteiger partial charge on any atom is 0.305 e. The lowest BCUT2D eigenvalue weighted by atomic mass is 10.2. The molecule has 4 heteroatoms. The molecule has 0 spiro atoms. The molecule has 0 atom stereocenters. The first-order valence-electron chi connectivity index (χ1n) is 4.79. The smallest absolute Gasteiger partial charge is 0.305 e. The van der Waals surface area contributed by atoms with Crippen molar-refractivity contribution in [3.05, 3.63) is 30.1 Å². The summed E-state index contributed by atoms with van der Waals surface area (Å²) in [6.07, 6.45) is 0.971. The quantitative estimate of drug-likeness (QED) is 0.599. The van der Waals surface area contributed by atoms with Gasteiger partial charge in [-0.1, -0.05) is 12.1 Å². The summed E-state index contributed by atoms with van der Waals surface area (Å²) < 4.78 is 17.6. The van der Waals surface area contributed by atoms with Gasteiger partial charge in [-0.3, -0.25) is 4.79 Å². The Balaban J connectivity index is 2.26. The first-order valence-corrected chi connectivity index (χ1v) is 4.79. The van der Waals surface area contributed by atoms with Crippen LogP contribution in [0.25, 0.3) is 0 Å². The Morgan fingerprint density at radius 1 is 1.47 bits per heavy atom. The van der Waals surface area contributed by atoms with Crippen molar-refractivity contribution >= 4 is 11.7 Å². The number of hydrogen-bond donors (Lipinski definition) is 1. The molecule has 0 fully saturated rings. The molecule has 0 heterocycles. The van der Waals surface area contributed by atoms with E-state index in [2.05, 4.69) is 10.1 Å². The summed E-state index contributed by atoms with van der Waals surface area (Å²) >= 11 is 0. The third-order valence-electron chi connectivity index (χ3n) is 1.97. The van der Waals surface area contributed by atoms with E-state index in [0.717, 1.165) is 0 Å². The average molecular weight is 211 g/mol. The molecule has 3 nitrogen and oxygen atoms in total. The van der Waals surface area contributed by atoms with Gasteiger partial charge in [0.2, 0.25) is 0 Å². The highest BCUT2D eigenvalue weighted by Crippen LogP contribution is 2.12. The van der Waals surface area contributed by atoms with Crippen molar-refractivity contribution in [1.82, 2.24) is 0 Å². The first-order chi connectivity index (χ1) is 7.24. The van der Waals surface area contributed by atoms with Gasteiger partial charge in [-0.2, -0.15) is 0 Å². The Morgan fingerprint density at radius 3 is 2.87 bits per heavy atom. The van der Waals surface area contributed by atoms with Gasteiger partial charge in [0.05, 0.1) is 12.8 Å². The Bertz CT molecular complexity index is 328. The topological polar surface area (TPSA) is 38.3 Å². The van der Waals surface area contributed by atoms with E-state index in [9.17, 15) is 9.18 Å². The number of benzene rings is 1. The summed E-state index contributed by atoms with van der Waals surface area (Å²) in [5.74, 6) is -0.527. The van der Waals surface area contributed by atoms with Crippen molar-refractivity contribution in [2.45, 2.75) is 12.8 Å². The van der Waals surface area contributed by atoms with Gasteiger partial charge < -0.3 is 10.1 Å². The molecular weight excluding hydrogens is 197 g/mol. The van der Waals surface area contributed by atoms with Crippen LogP contribution in [0, 0.1) is 5.82 Å². The zero-order chi connectivity index (χ0) is 11.1. The van der Waals surface area contributed by atoms with Crippen molar-refractivity contribution < 1.29 is 13.9 Å². The predicted octanol–water partition coefficient (Wildman–Crippen LogP) is 2.19. The molecule has 0 amide bonds. The van der Waals surface area contributed by atoms with Crippen LogP contribution >= 0.6 is 0 Å². The lowest BCUT2D eigenvalue weighted by Gasteiger charge is -2.06. The fourth-order valence-electron chi connectivity index (χ4n) is 1.16. The predicted molar refractivity (Wildman–Crippen MR) is 56.1 cm³/mol. The normalized spacial score (nSPS) is 9.73. The highest BCUT2D eigenvalue weighted by Gasteiger charge is 2.01. The average Bonchev–Trinajstić information content (AvgIpc) is 2.26. The molecule has 1 aromatic rings. The maximum atomic E-state index is 13.1. The van der Waals surface area contributed by atoms with E-state index >= 15 is 0 Å². The summed E-state index contributed by atoms with van der Waals surface area (Å²) in [6.45, 7) is 0.552. The maximum absolute atomic E-state index is 13.1. The summed E-state index contributed by atoms with van der Waals surface area (Å²) in [5, 5.41) is 2.91. The van der Waals surface area contributed by atoms with E-state index in [-0.39, 0.29) is 11.8 Å². The molecule has 82 valence electrons. The minimum Gasteiger partial charge on any atom is -0.469 e. The van der Waals surface area contributed by atoms with E-state index < -0.39 is 0 Å². The van der Waals surface area contributed by atoms with Crippen LogP contribution in [0.5, 0.6) is 0 Å². The summed E-state index contributed by atoms with van der Waals surface area (Å²) in [7, 11) is 1.35. The SMILES string of the molecule is COC(=O)CCCNc1ccccc1F. The molecule has 0 bridgehead atoms. The Labute approximate surface area is 88.2 Å². The number of esters is 1. The molecule has 15 heavy (non-hydrogen) atoms. The van der Waals surface area contributed by atoms with Crippen molar-refractivity contribution in [2.24, 2.45) is 0 Å². The molecule has 0 radical (unpaired) electrons. The van der Waals surface area contributed by atoms with Crippen molar-refractivity contribution in [1.29, 1.82) is 0 Å². The molecule has 0 aromatic heterocycles. The number of rotatable bonds is 5. The number of ether oxygens (including phenoxy) is 1. The van der Waals surface area contributed by atoms with Gasteiger partial charge >= 0.3 is 5.97 Å². The van der Waals surface area contributed by atoms with E-state index in [0.29, 0.717) is 25.1 Å². The van der Waals surface area contributed by atoms with E-state index in [1.54, 1.807) is 18.2 Å². The van der Waals surface area contributed by atoms with Crippen LogP contribution in [0.15, 0.2) is 24.3 Å². The number of para-hydroxylation sites is 1. The van der Waals surface area contributed by atoms with Gasteiger partial charge in [-0.15, -0.1) is 0 Å². The highest BCUT2D eigenvalue weighted by molar-refractivity contribution is 5.69. The lowest BCUT2D eigenvalue weighted by molar-refractivity contribution is -0.140. The number of hydrogen-bond acceptors (Lipinski definition) is 3. The van der Waals surface area contributed by atoms with Crippen LogP contribution in [0.3, 0.4) is 0 Å². The molecule has 0 saturated carbocycles. The summed E-state index contributed by atoms with van der Waals surface area (Å²) in [5.41, 5.74) is 0.461. The van der Waals surface area contributed by atoms with Gasteiger partial charge in [0.15, 0.2) is 0 Å². The molecule has 0 aliphatic carbocycles. The second-order valence-electron chi connectivity index (χ2n) is 3.09. The molecule has 0 unspecified atom stereocenters. The fraction of sp³-hybridized carbons (Fsp3) is 0.364. The van der Waals surface area contributed by atoms with Crippen LogP contribution in [0.2, 0.25) is 0 Å². The molecule has 0 aliphatic rings. The van der Waals surface area contributed by atoms with Crippen molar-refractivity contribution in [3.63, 3.8) is 0 Å². The Kier molecular flexibility index (Phi) is 4.60.